The first-order chi connectivity index (χ1) is 18.0. The van der Waals surface area contributed by atoms with Crippen molar-refractivity contribution in [2.45, 2.75) is 51.2 Å². The lowest BCUT2D eigenvalue weighted by molar-refractivity contribution is -0.139. The normalized spacial score (nSPS) is 16.1. The molecule has 2 aliphatic rings. The summed E-state index contributed by atoms with van der Waals surface area (Å²) in [7, 11) is -3.89. The molecule has 1 heterocycles. The summed E-state index contributed by atoms with van der Waals surface area (Å²) >= 11 is 12.8. The highest BCUT2D eigenvalue weighted by Gasteiger charge is 2.32. The SMILES string of the molecule is CC(C(=O)NC1CCCC1)N(Cc1c(Cl)cccc1Cl)C(=O)CN(c1ccc2c(c1)OCCO2)S(C)(=O)=O. The Morgan fingerprint density at radius 2 is 1.68 bits per heavy atom. The van der Waals surface area contributed by atoms with E-state index in [2.05, 4.69) is 5.32 Å². The fourth-order valence-electron chi connectivity index (χ4n) is 4.63. The molecule has 0 aromatic heterocycles. The Hall–Kier alpha value is -2.69. The molecule has 1 aliphatic heterocycles. The van der Waals surface area contributed by atoms with Crippen molar-refractivity contribution in [3.63, 3.8) is 0 Å². The smallest absolute Gasteiger partial charge is 0.244 e. The predicted molar refractivity (Wildman–Crippen MR) is 146 cm³/mol. The standard InChI is InChI=1S/C26H31Cl2N3O6S/c1-17(26(33)29-18-6-3-4-7-18)30(15-20-21(27)8-5-9-22(20)28)25(32)16-31(38(2,34)35)19-10-11-23-24(14-19)37-13-12-36-23/h5,8-11,14,17-18H,3-4,6-7,12-13,15-16H2,1-2H3,(H,29,33). The number of nitrogens with zero attached hydrogens (tertiary/aromatic N) is 2. The van der Waals surface area contributed by atoms with Gasteiger partial charge in [0.1, 0.15) is 25.8 Å². The molecule has 2 aromatic rings. The van der Waals surface area contributed by atoms with Crippen LogP contribution in [0.4, 0.5) is 5.69 Å². The van der Waals surface area contributed by atoms with E-state index in [1.165, 1.54) is 11.0 Å². The first-order valence-corrected chi connectivity index (χ1v) is 15.0. The van der Waals surface area contributed by atoms with E-state index >= 15 is 0 Å². The summed E-state index contributed by atoms with van der Waals surface area (Å²) in [5.74, 6) is -0.0279. The maximum absolute atomic E-state index is 13.8. The predicted octanol–water partition coefficient (Wildman–Crippen LogP) is 4.01. The molecule has 2 aromatic carbocycles. The van der Waals surface area contributed by atoms with E-state index in [0.717, 1.165) is 36.2 Å². The van der Waals surface area contributed by atoms with E-state index in [9.17, 15) is 18.0 Å². The topological polar surface area (TPSA) is 105 Å². The van der Waals surface area contributed by atoms with E-state index < -0.39 is 28.5 Å². The molecule has 0 saturated heterocycles. The van der Waals surface area contributed by atoms with Crippen LogP contribution >= 0.6 is 23.2 Å². The molecule has 1 saturated carbocycles. The molecule has 1 N–H and O–H groups in total. The van der Waals surface area contributed by atoms with Crippen LogP contribution in [0.1, 0.15) is 38.2 Å². The van der Waals surface area contributed by atoms with E-state index in [1.54, 1.807) is 37.3 Å². The minimum absolute atomic E-state index is 0.0519. The van der Waals surface area contributed by atoms with Crippen LogP contribution in [0.2, 0.25) is 10.0 Å². The Bertz CT molecular complexity index is 1280. The van der Waals surface area contributed by atoms with Gasteiger partial charge in [0.2, 0.25) is 21.8 Å². The van der Waals surface area contributed by atoms with Crippen molar-refractivity contribution in [3.8, 4) is 11.5 Å². The summed E-state index contributed by atoms with van der Waals surface area (Å²) in [6.07, 6.45) is 4.86. The molecule has 1 atom stereocenters. The van der Waals surface area contributed by atoms with Gasteiger partial charge < -0.3 is 19.7 Å². The number of amides is 2. The van der Waals surface area contributed by atoms with Crippen LogP contribution < -0.4 is 19.1 Å². The van der Waals surface area contributed by atoms with Crippen molar-refractivity contribution in [2.75, 3.05) is 30.3 Å². The van der Waals surface area contributed by atoms with Gasteiger partial charge in [-0.05, 0) is 44.0 Å². The van der Waals surface area contributed by atoms with Gasteiger partial charge in [0.25, 0.3) is 0 Å². The van der Waals surface area contributed by atoms with E-state index in [4.69, 9.17) is 32.7 Å². The summed E-state index contributed by atoms with van der Waals surface area (Å²) in [4.78, 5) is 28.3. The number of hydrogen-bond acceptors (Lipinski definition) is 6. The number of anilines is 1. The Morgan fingerprint density at radius 3 is 2.32 bits per heavy atom. The second kappa shape index (κ2) is 12.0. The van der Waals surface area contributed by atoms with Crippen molar-refractivity contribution in [2.24, 2.45) is 0 Å². The average Bonchev–Trinajstić information content (AvgIpc) is 3.38. The van der Waals surface area contributed by atoms with Crippen molar-refractivity contribution in [3.05, 3.63) is 52.0 Å². The summed E-state index contributed by atoms with van der Waals surface area (Å²) in [6, 6.07) is 8.80. The maximum Gasteiger partial charge on any atom is 0.244 e. The van der Waals surface area contributed by atoms with Crippen LogP contribution in [0, 0.1) is 0 Å². The van der Waals surface area contributed by atoms with Crippen LogP contribution in [0.15, 0.2) is 36.4 Å². The largest absolute Gasteiger partial charge is 0.486 e. The molecule has 9 nitrogen and oxygen atoms in total. The first kappa shape index (κ1) is 28.3. The van der Waals surface area contributed by atoms with Crippen LogP contribution in [0.5, 0.6) is 11.5 Å². The monoisotopic (exact) mass is 583 g/mol. The van der Waals surface area contributed by atoms with Gasteiger partial charge in [-0.15, -0.1) is 0 Å². The van der Waals surface area contributed by atoms with Crippen molar-refractivity contribution < 1.29 is 27.5 Å². The lowest BCUT2D eigenvalue weighted by Crippen LogP contribution is -2.52. The molecular weight excluding hydrogens is 553 g/mol. The van der Waals surface area contributed by atoms with Gasteiger partial charge in [-0.25, -0.2) is 8.42 Å². The molecule has 0 radical (unpaired) electrons. The number of fused-ring (bicyclic) bond motifs is 1. The Kier molecular flexibility index (Phi) is 8.95. The fourth-order valence-corrected chi connectivity index (χ4v) is 5.99. The number of ether oxygens (including phenoxy) is 2. The first-order valence-electron chi connectivity index (χ1n) is 12.4. The molecule has 2 amide bonds. The van der Waals surface area contributed by atoms with Gasteiger partial charge in [-0.3, -0.25) is 13.9 Å². The highest BCUT2D eigenvalue weighted by molar-refractivity contribution is 7.92. The molecule has 206 valence electrons. The number of carbonyl (C=O) groups is 2. The molecule has 38 heavy (non-hydrogen) atoms. The van der Waals surface area contributed by atoms with Crippen molar-refractivity contribution in [1.29, 1.82) is 0 Å². The highest BCUT2D eigenvalue weighted by Crippen LogP contribution is 2.35. The van der Waals surface area contributed by atoms with Crippen LogP contribution in [-0.4, -0.2) is 63.2 Å². The van der Waals surface area contributed by atoms with Gasteiger partial charge in [-0.2, -0.15) is 0 Å². The Morgan fingerprint density at radius 1 is 1.05 bits per heavy atom. The van der Waals surface area contributed by atoms with Gasteiger partial charge in [0, 0.05) is 34.3 Å². The number of carbonyl (C=O) groups excluding carboxylic acids is 2. The summed E-state index contributed by atoms with van der Waals surface area (Å²) in [5.41, 5.74) is 0.707. The van der Waals surface area contributed by atoms with Gasteiger partial charge in [0.05, 0.1) is 11.9 Å². The van der Waals surface area contributed by atoms with Crippen LogP contribution in [0.3, 0.4) is 0 Å². The Balaban J connectivity index is 1.63. The molecule has 1 fully saturated rings. The van der Waals surface area contributed by atoms with E-state index in [1.807, 2.05) is 0 Å². The number of nitrogens with one attached hydrogen (secondary N) is 1. The van der Waals surface area contributed by atoms with E-state index in [-0.39, 0.29) is 24.2 Å². The molecule has 4 rings (SSSR count). The number of halogens is 2. The van der Waals surface area contributed by atoms with Crippen LogP contribution in [0.25, 0.3) is 0 Å². The minimum atomic E-state index is -3.89. The number of rotatable bonds is 9. The third-order valence-corrected chi connectivity index (χ3v) is 8.60. The fraction of sp³-hybridized carbons (Fsp3) is 0.462. The quantitative estimate of drug-likeness (QED) is 0.478. The van der Waals surface area contributed by atoms with Crippen molar-refractivity contribution in [1.82, 2.24) is 10.2 Å². The second-order valence-corrected chi connectivity index (χ2v) is 12.2. The maximum atomic E-state index is 13.8. The minimum Gasteiger partial charge on any atom is -0.486 e. The van der Waals surface area contributed by atoms with Gasteiger partial charge in [0.15, 0.2) is 11.5 Å². The van der Waals surface area contributed by atoms with Crippen molar-refractivity contribution >= 4 is 50.7 Å². The second-order valence-electron chi connectivity index (χ2n) is 9.49. The molecule has 12 heteroatoms. The zero-order valence-corrected chi connectivity index (χ0v) is 23.6. The van der Waals surface area contributed by atoms with Gasteiger partial charge in [-0.1, -0.05) is 42.1 Å². The lowest BCUT2D eigenvalue weighted by atomic mass is 10.1. The molecule has 1 aliphatic carbocycles. The lowest BCUT2D eigenvalue weighted by Gasteiger charge is -2.32. The van der Waals surface area contributed by atoms with Crippen LogP contribution in [-0.2, 0) is 26.2 Å². The average molecular weight is 585 g/mol. The third kappa shape index (κ3) is 6.65. The number of sulfonamides is 1. The zero-order valence-electron chi connectivity index (χ0n) is 21.3. The molecule has 0 spiro atoms. The molecular formula is C26H31Cl2N3O6S. The summed E-state index contributed by atoms with van der Waals surface area (Å²) in [5, 5.41) is 3.69. The zero-order chi connectivity index (χ0) is 27.4. The Labute approximate surface area is 233 Å². The number of benzene rings is 2. The third-order valence-electron chi connectivity index (χ3n) is 6.75. The summed E-state index contributed by atoms with van der Waals surface area (Å²) in [6.45, 7) is 1.72. The molecule has 0 bridgehead atoms. The summed E-state index contributed by atoms with van der Waals surface area (Å²) < 4.78 is 37.7. The highest BCUT2D eigenvalue weighted by atomic mass is 35.5. The number of hydrogen-bond donors (Lipinski definition) is 1. The molecule has 1 unspecified atom stereocenters. The van der Waals surface area contributed by atoms with E-state index in [0.29, 0.717) is 40.3 Å². The van der Waals surface area contributed by atoms with Gasteiger partial charge >= 0.3 is 0 Å².